The number of benzene rings is 2. The summed E-state index contributed by atoms with van der Waals surface area (Å²) in [4.78, 5) is 16.6. The van der Waals surface area contributed by atoms with Crippen LogP contribution in [-0.4, -0.2) is 18.0 Å². The van der Waals surface area contributed by atoms with Crippen LogP contribution in [0.5, 0.6) is 5.75 Å². The van der Waals surface area contributed by atoms with Gasteiger partial charge >= 0.3 is 0 Å². The van der Waals surface area contributed by atoms with Crippen LogP contribution in [0.15, 0.2) is 60.8 Å². The van der Waals surface area contributed by atoms with Crippen LogP contribution in [0.4, 0.5) is 11.4 Å². The fourth-order valence-electron chi connectivity index (χ4n) is 2.63. The van der Waals surface area contributed by atoms with E-state index in [1.54, 1.807) is 19.4 Å². The van der Waals surface area contributed by atoms with Gasteiger partial charge in [0, 0.05) is 24.1 Å². The molecule has 1 heterocycles. The van der Waals surface area contributed by atoms with Gasteiger partial charge in [0.15, 0.2) is 0 Å². The maximum Gasteiger partial charge on any atom is 0.270 e. The zero-order chi connectivity index (χ0) is 19.2. The molecule has 0 unspecified atom stereocenters. The van der Waals surface area contributed by atoms with E-state index in [4.69, 9.17) is 4.74 Å². The standard InChI is InChI=1S/C22H23N3O2/c1-15-4-7-18(12-16(15)2)25-19-10-11-23-21(13-19)22(26)24-14-17-5-8-20(27-3)9-6-17/h4-13H,14H2,1-3H3,(H,23,25)(H,24,26). The number of methoxy groups -OCH3 is 1. The predicted octanol–water partition coefficient (Wildman–Crippen LogP) is 4.38. The van der Waals surface area contributed by atoms with Gasteiger partial charge in [-0.2, -0.15) is 0 Å². The third-order valence-corrected chi connectivity index (χ3v) is 4.40. The van der Waals surface area contributed by atoms with Crippen molar-refractivity contribution in [1.82, 2.24) is 10.3 Å². The predicted molar refractivity (Wildman–Crippen MR) is 108 cm³/mol. The lowest BCUT2D eigenvalue weighted by molar-refractivity contribution is 0.0946. The molecule has 27 heavy (non-hydrogen) atoms. The monoisotopic (exact) mass is 361 g/mol. The van der Waals surface area contributed by atoms with Gasteiger partial charge in [-0.25, -0.2) is 0 Å². The van der Waals surface area contributed by atoms with Crippen molar-refractivity contribution in [2.75, 3.05) is 12.4 Å². The molecule has 2 aromatic carbocycles. The Morgan fingerprint density at radius 1 is 0.963 bits per heavy atom. The lowest BCUT2D eigenvalue weighted by atomic mass is 10.1. The Kier molecular flexibility index (Phi) is 5.71. The lowest BCUT2D eigenvalue weighted by Gasteiger charge is -2.10. The van der Waals surface area contributed by atoms with Crippen molar-refractivity contribution in [2.24, 2.45) is 0 Å². The second-order valence-electron chi connectivity index (χ2n) is 6.38. The van der Waals surface area contributed by atoms with E-state index in [1.807, 2.05) is 36.4 Å². The molecule has 5 heteroatoms. The molecule has 0 radical (unpaired) electrons. The minimum atomic E-state index is -0.213. The minimum Gasteiger partial charge on any atom is -0.497 e. The molecule has 0 fully saturated rings. The summed E-state index contributed by atoms with van der Waals surface area (Å²) in [5.41, 5.74) is 5.63. The zero-order valence-corrected chi connectivity index (χ0v) is 15.7. The third-order valence-electron chi connectivity index (χ3n) is 4.40. The van der Waals surface area contributed by atoms with E-state index in [0.29, 0.717) is 12.2 Å². The number of amides is 1. The van der Waals surface area contributed by atoms with Gasteiger partial charge < -0.3 is 15.4 Å². The van der Waals surface area contributed by atoms with Crippen LogP contribution in [0.1, 0.15) is 27.2 Å². The number of anilines is 2. The molecule has 0 aliphatic heterocycles. The molecule has 138 valence electrons. The average Bonchev–Trinajstić information content (AvgIpc) is 2.69. The van der Waals surface area contributed by atoms with E-state index < -0.39 is 0 Å². The van der Waals surface area contributed by atoms with Gasteiger partial charge in [0.25, 0.3) is 5.91 Å². The Hall–Kier alpha value is -3.34. The Morgan fingerprint density at radius 3 is 2.41 bits per heavy atom. The van der Waals surface area contributed by atoms with E-state index in [-0.39, 0.29) is 5.91 Å². The van der Waals surface area contributed by atoms with Gasteiger partial charge in [0.1, 0.15) is 11.4 Å². The van der Waals surface area contributed by atoms with Crippen LogP contribution in [0, 0.1) is 13.8 Å². The fourth-order valence-corrected chi connectivity index (χ4v) is 2.63. The van der Waals surface area contributed by atoms with Gasteiger partial charge in [0.2, 0.25) is 0 Å². The molecule has 0 saturated carbocycles. The van der Waals surface area contributed by atoms with Crippen LogP contribution in [0.3, 0.4) is 0 Å². The summed E-state index contributed by atoms with van der Waals surface area (Å²) in [6.45, 7) is 4.58. The Morgan fingerprint density at radius 2 is 1.70 bits per heavy atom. The summed E-state index contributed by atoms with van der Waals surface area (Å²) >= 11 is 0. The van der Waals surface area contributed by atoms with Crippen LogP contribution in [0.2, 0.25) is 0 Å². The second-order valence-corrected chi connectivity index (χ2v) is 6.38. The van der Waals surface area contributed by atoms with Gasteiger partial charge in [-0.15, -0.1) is 0 Å². The molecule has 0 spiro atoms. The molecule has 2 N–H and O–H groups in total. The molecule has 1 aromatic heterocycles. The van der Waals surface area contributed by atoms with Crippen molar-refractivity contribution >= 4 is 17.3 Å². The van der Waals surface area contributed by atoms with Crippen molar-refractivity contribution < 1.29 is 9.53 Å². The summed E-state index contributed by atoms with van der Waals surface area (Å²) in [6, 6.07) is 17.3. The highest BCUT2D eigenvalue weighted by Crippen LogP contribution is 2.20. The largest absolute Gasteiger partial charge is 0.497 e. The molecule has 5 nitrogen and oxygen atoms in total. The van der Waals surface area contributed by atoms with Crippen molar-refractivity contribution in [3.8, 4) is 5.75 Å². The zero-order valence-electron chi connectivity index (χ0n) is 15.7. The first-order chi connectivity index (χ1) is 13.0. The van der Waals surface area contributed by atoms with Gasteiger partial charge in [-0.3, -0.25) is 9.78 Å². The summed E-state index contributed by atoms with van der Waals surface area (Å²) in [7, 11) is 1.63. The van der Waals surface area contributed by atoms with Crippen molar-refractivity contribution in [1.29, 1.82) is 0 Å². The summed E-state index contributed by atoms with van der Waals surface area (Å²) in [5, 5.41) is 6.21. The number of aryl methyl sites for hydroxylation is 2. The third kappa shape index (κ3) is 4.85. The van der Waals surface area contributed by atoms with Crippen LogP contribution >= 0.6 is 0 Å². The number of ether oxygens (including phenoxy) is 1. The molecule has 0 aliphatic rings. The topological polar surface area (TPSA) is 63.2 Å². The SMILES string of the molecule is COc1ccc(CNC(=O)c2cc(Nc3ccc(C)c(C)c3)ccn2)cc1. The lowest BCUT2D eigenvalue weighted by Crippen LogP contribution is -2.23. The van der Waals surface area contributed by atoms with Crippen molar-refractivity contribution in [2.45, 2.75) is 20.4 Å². The molecule has 1 amide bonds. The van der Waals surface area contributed by atoms with Crippen molar-refractivity contribution in [3.63, 3.8) is 0 Å². The fraction of sp³-hybridized carbons (Fsp3) is 0.182. The summed E-state index contributed by atoms with van der Waals surface area (Å²) < 4.78 is 5.14. The Bertz CT molecular complexity index is 937. The number of nitrogens with zero attached hydrogens (tertiary/aromatic N) is 1. The van der Waals surface area contributed by atoms with Gasteiger partial charge in [0.05, 0.1) is 7.11 Å². The maximum atomic E-state index is 12.4. The van der Waals surface area contributed by atoms with Gasteiger partial charge in [-0.05, 0) is 66.9 Å². The average molecular weight is 361 g/mol. The van der Waals surface area contributed by atoms with Crippen LogP contribution < -0.4 is 15.4 Å². The highest BCUT2D eigenvalue weighted by Gasteiger charge is 2.08. The number of aromatic nitrogens is 1. The maximum absolute atomic E-state index is 12.4. The Labute approximate surface area is 159 Å². The number of hydrogen-bond donors (Lipinski definition) is 2. The Balaban J connectivity index is 1.64. The summed E-state index contributed by atoms with van der Waals surface area (Å²) in [5.74, 6) is 0.575. The smallest absolute Gasteiger partial charge is 0.270 e. The minimum absolute atomic E-state index is 0.213. The normalized spacial score (nSPS) is 10.3. The van der Waals surface area contributed by atoms with Crippen LogP contribution in [0.25, 0.3) is 0 Å². The number of carbonyl (C=O) groups excluding carboxylic acids is 1. The van der Waals surface area contributed by atoms with E-state index in [2.05, 4.69) is 41.6 Å². The van der Waals surface area contributed by atoms with Crippen LogP contribution in [-0.2, 0) is 6.54 Å². The first kappa shape index (κ1) is 18.5. The molecule has 0 aliphatic carbocycles. The molecule has 3 aromatic rings. The molecule has 3 rings (SSSR count). The first-order valence-electron chi connectivity index (χ1n) is 8.76. The van der Waals surface area contributed by atoms with Crippen molar-refractivity contribution in [3.05, 3.63) is 83.2 Å². The first-order valence-corrected chi connectivity index (χ1v) is 8.76. The number of nitrogens with one attached hydrogen (secondary N) is 2. The molecule has 0 bridgehead atoms. The van der Waals surface area contributed by atoms with E-state index in [1.165, 1.54) is 11.1 Å². The number of carbonyl (C=O) groups is 1. The number of pyridine rings is 1. The van der Waals surface area contributed by atoms with E-state index in [0.717, 1.165) is 22.7 Å². The second kappa shape index (κ2) is 8.36. The molecular formula is C22H23N3O2. The molecule has 0 atom stereocenters. The van der Waals surface area contributed by atoms with Gasteiger partial charge in [-0.1, -0.05) is 18.2 Å². The quantitative estimate of drug-likeness (QED) is 0.684. The van der Waals surface area contributed by atoms with E-state index in [9.17, 15) is 4.79 Å². The molecular weight excluding hydrogens is 338 g/mol. The van der Waals surface area contributed by atoms with E-state index >= 15 is 0 Å². The number of rotatable bonds is 6. The molecule has 0 saturated heterocycles. The summed E-state index contributed by atoms with van der Waals surface area (Å²) in [6.07, 6.45) is 1.63. The number of hydrogen-bond acceptors (Lipinski definition) is 4. The highest BCUT2D eigenvalue weighted by atomic mass is 16.5. The highest BCUT2D eigenvalue weighted by molar-refractivity contribution is 5.93.